The van der Waals surface area contributed by atoms with Gasteiger partial charge in [-0.15, -0.1) is 0 Å². The first-order valence-electron chi connectivity index (χ1n) is 8.04. The van der Waals surface area contributed by atoms with E-state index in [-0.39, 0.29) is 6.10 Å². The van der Waals surface area contributed by atoms with Crippen molar-refractivity contribution in [3.05, 3.63) is 28.2 Å². The van der Waals surface area contributed by atoms with Crippen molar-refractivity contribution in [1.82, 2.24) is 10.2 Å². The maximum Gasteiger partial charge on any atom is 0.123 e. The molecule has 116 valence electrons. The fourth-order valence-corrected chi connectivity index (χ4v) is 3.75. The molecule has 0 spiro atoms. The Balaban J connectivity index is 1.59. The lowest BCUT2D eigenvalue weighted by atomic mass is 10.1. The third-order valence-corrected chi connectivity index (χ3v) is 5.04. The monoisotopic (exact) mass is 352 g/mol. The van der Waals surface area contributed by atoms with E-state index >= 15 is 0 Å². The SMILES string of the molecule is CC(C)N(CC1CCCN1)CC1Cc2cc(Br)ccc2O1. The minimum Gasteiger partial charge on any atom is -0.488 e. The summed E-state index contributed by atoms with van der Waals surface area (Å²) in [4.78, 5) is 2.56. The summed E-state index contributed by atoms with van der Waals surface area (Å²) in [7, 11) is 0. The van der Waals surface area contributed by atoms with Crippen LogP contribution in [0.5, 0.6) is 5.75 Å². The van der Waals surface area contributed by atoms with E-state index in [1.165, 1.54) is 24.9 Å². The van der Waals surface area contributed by atoms with Crippen molar-refractivity contribution in [2.75, 3.05) is 19.6 Å². The van der Waals surface area contributed by atoms with Crippen LogP contribution in [0.25, 0.3) is 0 Å². The molecule has 3 nitrogen and oxygen atoms in total. The molecule has 1 fully saturated rings. The average Bonchev–Trinajstić information content (AvgIpc) is 3.06. The van der Waals surface area contributed by atoms with Gasteiger partial charge < -0.3 is 10.1 Å². The second-order valence-electron chi connectivity index (χ2n) is 6.54. The van der Waals surface area contributed by atoms with Crippen LogP contribution in [0.2, 0.25) is 0 Å². The molecule has 1 saturated heterocycles. The minimum absolute atomic E-state index is 0.290. The van der Waals surface area contributed by atoms with Gasteiger partial charge in [0.25, 0.3) is 0 Å². The molecule has 2 heterocycles. The van der Waals surface area contributed by atoms with E-state index in [1.54, 1.807) is 0 Å². The molecular weight excluding hydrogens is 328 g/mol. The Morgan fingerprint density at radius 1 is 1.38 bits per heavy atom. The first-order chi connectivity index (χ1) is 10.1. The van der Waals surface area contributed by atoms with E-state index in [1.807, 2.05) is 0 Å². The highest BCUT2D eigenvalue weighted by Crippen LogP contribution is 2.31. The number of nitrogens with zero attached hydrogens (tertiary/aromatic N) is 1. The molecule has 1 aromatic carbocycles. The Morgan fingerprint density at radius 2 is 2.24 bits per heavy atom. The Kier molecular flexibility index (Phi) is 4.87. The van der Waals surface area contributed by atoms with Crippen LogP contribution in [-0.2, 0) is 6.42 Å². The summed E-state index contributed by atoms with van der Waals surface area (Å²) in [5.41, 5.74) is 1.33. The Labute approximate surface area is 136 Å². The van der Waals surface area contributed by atoms with Gasteiger partial charge in [-0.2, -0.15) is 0 Å². The van der Waals surface area contributed by atoms with Gasteiger partial charge in [0, 0.05) is 36.1 Å². The van der Waals surface area contributed by atoms with Crippen LogP contribution in [0.15, 0.2) is 22.7 Å². The van der Waals surface area contributed by atoms with Crippen LogP contribution < -0.4 is 10.1 Å². The molecule has 2 aliphatic rings. The van der Waals surface area contributed by atoms with Crippen molar-refractivity contribution >= 4 is 15.9 Å². The van der Waals surface area contributed by atoms with Crippen molar-refractivity contribution in [1.29, 1.82) is 0 Å². The number of hydrogen-bond acceptors (Lipinski definition) is 3. The maximum atomic E-state index is 6.12. The lowest BCUT2D eigenvalue weighted by Gasteiger charge is -2.31. The van der Waals surface area contributed by atoms with E-state index in [0.717, 1.165) is 29.7 Å². The zero-order chi connectivity index (χ0) is 14.8. The van der Waals surface area contributed by atoms with E-state index < -0.39 is 0 Å². The van der Waals surface area contributed by atoms with Crippen LogP contribution in [0.3, 0.4) is 0 Å². The van der Waals surface area contributed by atoms with E-state index in [2.05, 4.69) is 58.2 Å². The fourth-order valence-electron chi connectivity index (χ4n) is 3.34. The highest BCUT2D eigenvalue weighted by atomic mass is 79.9. The Hall–Kier alpha value is -0.580. The van der Waals surface area contributed by atoms with Crippen molar-refractivity contribution in [3.8, 4) is 5.75 Å². The number of halogens is 1. The van der Waals surface area contributed by atoms with Crippen LogP contribution in [0, 0.1) is 0 Å². The molecule has 3 rings (SSSR count). The van der Waals surface area contributed by atoms with Crippen molar-refractivity contribution in [3.63, 3.8) is 0 Å². The minimum atomic E-state index is 0.290. The van der Waals surface area contributed by atoms with Crippen molar-refractivity contribution in [2.24, 2.45) is 0 Å². The summed E-state index contributed by atoms with van der Waals surface area (Å²) in [5, 5.41) is 3.60. The number of nitrogens with one attached hydrogen (secondary N) is 1. The van der Waals surface area contributed by atoms with Crippen LogP contribution in [0.1, 0.15) is 32.3 Å². The quantitative estimate of drug-likeness (QED) is 0.880. The van der Waals surface area contributed by atoms with Crippen LogP contribution >= 0.6 is 15.9 Å². The molecule has 1 aromatic rings. The van der Waals surface area contributed by atoms with Gasteiger partial charge in [-0.25, -0.2) is 0 Å². The Morgan fingerprint density at radius 3 is 2.95 bits per heavy atom. The molecule has 2 atom stereocenters. The van der Waals surface area contributed by atoms with Crippen LogP contribution in [-0.4, -0.2) is 42.7 Å². The summed E-state index contributed by atoms with van der Waals surface area (Å²) in [6, 6.07) is 7.55. The number of ether oxygens (including phenoxy) is 1. The summed E-state index contributed by atoms with van der Waals surface area (Å²) in [6.45, 7) is 7.90. The smallest absolute Gasteiger partial charge is 0.123 e. The predicted octanol–water partition coefficient (Wildman–Crippen LogP) is 3.22. The zero-order valence-electron chi connectivity index (χ0n) is 12.9. The predicted molar refractivity (Wildman–Crippen MR) is 90.0 cm³/mol. The van der Waals surface area contributed by atoms with Gasteiger partial charge in [-0.1, -0.05) is 15.9 Å². The molecule has 2 aliphatic heterocycles. The van der Waals surface area contributed by atoms with E-state index in [4.69, 9.17) is 4.74 Å². The first-order valence-corrected chi connectivity index (χ1v) is 8.83. The third kappa shape index (κ3) is 3.79. The van der Waals surface area contributed by atoms with Crippen molar-refractivity contribution in [2.45, 2.75) is 51.3 Å². The lowest BCUT2D eigenvalue weighted by molar-refractivity contribution is 0.120. The molecule has 0 amide bonds. The molecule has 0 aromatic heterocycles. The summed E-state index contributed by atoms with van der Waals surface area (Å²) in [5.74, 6) is 1.06. The summed E-state index contributed by atoms with van der Waals surface area (Å²) < 4.78 is 7.26. The highest BCUT2D eigenvalue weighted by Gasteiger charge is 2.27. The van der Waals surface area contributed by atoms with Gasteiger partial charge in [-0.05, 0) is 57.0 Å². The third-order valence-electron chi connectivity index (χ3n) is 4.55. The molecule has 0 saturated carbocycles. The average molecular weight is 353 g/mol. The van der Waals surface area contributed by atoms with Gasteiger partial charge in [0.05, 0.1) is 0 Å². The highest BCUT2D eigenvalue weighted by molar-refractivity contribution is 9.10. The molecule has 0 radical (unpaired) electrons. The molecule has 0 bridgehead atoms. The molecule has 21 heavy (non-hydrogen) atoms. The second kappa shape index (κ2) is 6.67. The Bertz CT molecular complexity index is 486. The van der Waals surface area contributed by atoms with Gasteiger partial charge in [0.2, 0.25) is 0 Å². The van der Waals surface area contributed by atoms with Crippen molar-refractivity contribution < 1.29 is 4.74 Å². The summed E-state index contributed by atoms with van der Waals surface area (Å²) >= 11 is 3.54. The second-order valence-corrected chi connectivity index (χ2v) is 7.45. The number of fused-ring (bicyclic) bond motifs is 1. The zero-order valence-corrected chi connectivity index (χ0v) is 14.5. The number of benzene rings is 1. The topological polar surface area (TPSA) is 24.5 Å². The van der Waals surface area contributed by atoms with Crippen LogP contribution in [0.4, 0.5) is 0 Å². The number of rotatable bonds is 5. The molecule has 0 aliphatic carbocycles. The normalized spacial score (nSPS) is 24.6. The molecular formula is C17H25BrN2O. The summed E-state index contributed by atoms with van der Waals surface area (Å²) in [6.07, 6.45) is 3.94. The van der Waals surface area contributed by atoms with Gasteiger partial charge in [-0.3, -0.25) is 4.90 Å². The standard InChI is InChI=1S/C17H25BrN2O/c1-12(2)20(10-15-4-3-7-19-15)11-16-9-13-8-14(18)5-6-17(13)21-16/h5-6,8,12,15-16,19H,3-4,7,9-11H2,1-2H3. The van der Waals surface area contributed by atoms with Gasteiger partial charge >= 0.3 is 0 Å². The molecule has 1 N–H and O–H groups in total. The first kappa shape index (κ1) is 15.3. The number of hydrogen-bond donors (Lipinski definition) is 1. The van der Waals surface area contributed by atoms with E-state index in [0.29, 0.717) is 12.1 Å². The molecule has 4 heteroatoms. The molecule has 2 unspecified atom stereocenters. The van der Waals surface area contributed by atoms with Gasteiger partial charge in [0.15, 0.2) is 0 Å². The fraction of sp³-hybridized carbons (Fsp3) is 0.647. The van der Waals surface area contributed by atoms with Gasteiger partial charge in [0.1, 0.15) is 11.9 Å². The maximum absolute atomic E-state index is 6.12. The lowest BCUT2D eigenvalue weighted by Crippen LogP contribution is -2.45. The largest absolute Gasteiger partial charge is 0.488 e. The van der Waals surface area contributed by atoms with E-state index in [9.17, 15) is 0 Å².